The van der Waals surface area contributed by atoms with Gasteiger partial charge in [-0.1, -0.05) is 0 Å². The van der Waals surface area contributed by atoms with Crippen molar-refractivity contribution in [1.82, 2.24) is 0 Å². The zero-order chi connectivity index (χ0) is 18.6. The Hall–Kier alpha value is -3.09. The van der Waals surface area contributed by atoms with Gasteiger partial charge >= 0.3 is 0 Å². The second-order valence-corrected chi connectivity index (χ2v) is 5.90. The Morgan fingerprint density at radius 1 is 1.24 bits per heavy atom. The van der Waals surface area contributed by atoms with Crippen molar-refractivity contribution in [3.05, 3.63) is 58.1 Å². The largest absolute Gasteiger partial charge is 0.369 e. The van der Waals surface area contributed by atoms with Crippen LogP contribution >= 0.6 is 0 Å². The number of primary amides is 1. The van der Waals surface area contributed by atoms with Gasteiger partial charge in [-0.2, -0.15) is 0 Å². The molecule has 2 aromatic rings. The number of nitrogens with two attached hydrogens (primary N) is 1. The zero-order valence-corrected chi connectivity index (χ0v) is 14.5. The Morgan fingerprint density at radius 2 is 1.88 bits per heavy atom. The van der Waals surface area contributed by atoms with E-state index in [-0.39, 0.29) is 11.3 Å². The van der Waals surface area contributed by atoms with Crippen molar-refractivity contribution in [2.45, 2.75) is 26.8 Å². The maximum atomic E-state index is 11.3. The van der Waals surface area contributed by atoms with E-state index in [0.717, 1.165) is 17.9 Å². The first-order valence-corrected chi connectivity index (χ1v) is 8.05. The molecule has 0 saturated heterocycles. The lowest BCUT2D eigenvalue weighted by Gasteiger charge is -2.27. The number of amides is 1. The highest BCUT2D eigenvalue weighted by Gasteiger charge is 2.17. The quantitative estimate of drug-likeness (QED) is 0.590. The number of nitro benzene ring substituents is 1. The van der Waals surface area contributed by atoms with E-state index < -0.39 is 10.8 Å². The number of hydrogen-bond acceptors (Lipinski definition) is 5. The molecule has 0 aliphatic rings. The number of rotatable bonds is 7. The van der Waals surface area contributed by atoms with Crippen LogP contribution in [0.1, 0.15) is 31.1 Å². The fraction of sp³-hybridized carbons (Fsp3) is 0.278. The van der Waals surface area contributed by atoms with Crippen LogP contribution in [0.3, 0.4) is 0 Å². The van der Waals surface area contributed by atoms with Crippen LogP contribution in [0.15, 0.2) is 42.5 Å². The molecular formula is C18H22N4O3. The Bertz CT molecular complexity index is 772. The van der Waals surface area contributed by atoms with E-state index in [1.165, 1.54) is 18.2 Å². The smallest absolute Gasteiger partial charge is 0.293 e. The van der Waals surface area contributed by atoms with Crippen LogP contribution < -0.4 is 16.0 Å². The fourth-order valence-corrected chi connectivity index (χ4v) is 2.68. The molecule has 3 N–H and O–H groups in total. The monoisotopic (exact) mass is 342 g/mol. The van der Waals surface area contributed by atoms with E-state index in [2.05, 4.69) is 31.0 Å². The van der Waals surface area contributed by atoms with Gasteiger partial charge in [-0.05, 0) is 57.2 Å². The number of carbonyl (C=O) groups excluding carboxylic acids is 1. The van der Waals surface area contributed by atoms with Crippen LogP contribution in [0.2, 0.25) is 0 Å². The Morgan fingerprint density at radius 3 is 2.36 bits per heavy atom. The van der Waals surface area contributed by atoms with Crippen molar-refractivity contribution in [2.75, 3.05) is 16.8 Å². The molecule has 0 spiro atoms. The lowest BCUT2D eigenvalue weighted by Crippen LogP contribution is -2.30. The van der Waals surface area contributed by atoms with Gasteiger partial charge in [-0.3, -0.25) is 14.9 Å². The molecule has 0 radical (unpaired) electrons. The number of carbonyl (C=O) groups is 1. The van der Waals surface area contributed by atoms with Gasteiger partial charge in [0.15, 0.2) is 0 Å². The maximum Gasteiger partial charge on any atom is 0.293 e. The summed E-state index contributed by atoms with van der Waals surface area (Å²) in [7, 11) is 0. The van der Waals surface area contributed by atoms with Gasteiger partial charge in [-0.25, -0.2) is 0 Å². The molecule has 0 unspecified atom stereocenters. The van der Waals surface area contributed by atoms with E-state index in [9.17, 15) is 14.9 Å². The molecule has 1 amide bonds. The SMILES string of the molecule is CCN(c1ccc(Nc2ccc(C(N)=O)cc2[N+](=O)[O-])cc1)C(C)C. The molecule has 0 atom stereocenters. The van der Waals surface area contributed by atoms with Gasteiger partial charge in [-0.15, -0.1) is 0 Å². The number of hydrogen-bond donors (Lipinski definition) is 2. The van der Waals surface area contributed by atoms with Crippen molar-refractivity contribution in [1.29, 1.82) is 0 Å². The third-order valence-electron chi connectivity index (χ3n) is 3.92. The van der Waals surface area contributed by atoms with E-state index in [1.54, 1.807) is 0 Å². The lowest BCUT2D eigenvalue weighted by molar-refractivity contribution is -0.383. The van der Waals surface area contributed by atoms with Crippen LogP contribution in [-0.2, 0) is 0 Å². The van der Waals surface area contributed by atoms with Gasteiger partial charge in [0.05, 0.1) is 4.92 Å². The molecule has 0 saturated carbocycles. The minimum absolute atomic E-state index is 0.100. The Balaban J connectivity index is 2.28. The maximum absolute atomic E-state index is 11.3. The standard InChI is InChI=1S/C18H22N4O3/c1-4-21(12(2)3)15-8-6-14(7-9-15)20-16-10-5-13(18(19)23)11-17(16)22(24)25/h5-12,20H,4H2,1-3H3,(H2,19,23). The first-order valence-electron chi connectivity index (χ1n) is 8.05. The van der Waals surface area contributed by atoms with Crippen LogP contribution in [0.5, 0.6) is 0 Å². The van der Waals surface area contributed by atoms with Crippen molar-refractivity contribution >= 4 is 28.7 Å². The van der Waals surface area contributed by atoms with Crippen LogP contribution in [-0.4, -0.2) is 23.4 Å². The summed E-state index contributed by atoms with van der Waals surface area (Å²) in [6, 6.07) is 12.2. The molecule has 7 heteroatoms. The molecule has 2 aromatic carbocycles. The summed E-state index contributed by atoms with van der Waals surface area (Å²) in [5, 5.41) is 14.3. The predicted molar refractivity (Wildman–Crippen MR) is 99.5 cm³/mol. The van der Waals surface area contributed by atoms with Crippen molar-refractivity contribution in [2.24, 2.45) is 5.73 Å². The molecule has 0 bridgehead atoms. The van der Waals surface area contributed by atoms with Gasteiger partial charge in [0.1, 0.15) is 5.69 Å². The van der Waals surface area contributed by atoms with Gasteiger partial charge < -0.3 is 16.0 Å². The summed E-state index contributed by atoms with van der Waals surface area (Å²) >= 11 is 0. The normalized spacial score (nSPS) is 10.6. The second kappa shape index (κ2) is 7.65. The van der Waals surface area contributed by atoms with Gasteiger partial charge in [0.25, 0.3) is 5.69 Å². The third-order valence-corrected chi connectivity index (χ3v) is 3.92. The fourth-order valence-electron chi connectivity index (χ4n) is 2.68. The van der Waals surface area contributed by atoms with E-state index in [0.29, 0.717) is 11.7 Å². The van der Waals surface area contributed by atoms with E-state index >= 15 is 0 Å². The number of nitrogens with one attached hydrogen (secondary N) is 1. The summed E-state index contributed by atoms with van der Waals surface area (Å²) in [5.41, 5.74) is 7.20. The van der Waals surface area contributed by atoms with Crippen LogP contribution in [0, 0.1) is 10.1 Å². The molecular weight excluding hydrogens is 320 g/mol. The van der Waals surface area contributed by atoms with Gasteiger partial charge in [0.2, 0.25) is 5.91 Å². The second-order valence-electron chi connectivity index (χ2n) is 5.90. The molecule has 0 heterocycles. The van der Waals surface area contributed by atoms with E-state index in [4.69, 9.17) is 5.73 Å². The summed E-state index contributed by atoms with van der Waals surface area (Å²) in [4.78, 5) is 24.2. The van der Waals surface area contributed by atoms with Crippen molar-refractivity contribution in [3.63, 3.8) is 0 Å². The minimum atomic E-state index is -0.702. The van der Waals surface area contributed by atoms with Crippen molar-refractivity contribution in [3.8, 4) is 0 Å². The Labute approximate surface area is 146 Å². The molecule has 25 heavy (non-hydrogen) atoms. The minimum Gasteiger partial charge on any atom is -0.369 e. The summed E-state index contributed by atoms with van der Waals surface area (Å²) < 4.78 is 0. The van der Waals surface area contributed by atoms with Crippen LogP contribution in [0.4, 0.5) is 22.7 Å². The average molecular weight is 342 g/mol. The lowest BCUT2D eigenvalue weighted by atomic mass is 10.1. The van der Waals surface area contributed by atoms with Crippen LogP contribution in [0.25, 0.3) is 0 Å². The number of anilines is 3. The highest BCUT2D eigenvalue weighted by atomic mass is 16.6. The summed E-state index contributed by atoms with van der Waals surface area (Å²) in [6.45, 7) is 7.24. The van der Waals surface area contributed by atoms with E-state index in [1.807, 2.05) is 24.3 Å². The number of nitrogens with zero attached hydrogens (tertiary/aromatic N) is 2. The average Bonchev–Trinajstić information content (AvgIpc) is 2.56. The topological polar surface area (TPSA) is 102 Å². The molecule has 0 fully saturated rings. The molecule has 7 nitrogen and oxygen atoms in total. The zero-order valence-electron chi connectivity index (χ0n) is 14.5. The summed E-state index contributed by atoms with van der Waals surface area (Å²) in [6.07, 6.45) is 0. The Kier molecular flexibility index (Phi) is 5.59. The molecule has 132 valence electrons. The molecule has 0 aliphatic carbocycles. The molecule has 2 rings (SSSR count). The number of benzene rings is 2. The highest BCUT2D eigenvalue weighted by molar-refractivity contribution is 5.94. The first kappa shape index (κ1) is 18.3. The number of nitro groups is 1. The molecule has 0 aliphatic heterocycles. The highest BCUT2D eigenvalue weighted by Crippen LogP contribution is 2.29. The van der Waals surface area contributed by atoms with Gasteiger partial charge in [0, 0.05) is 35.6 Å². The molecule has 0 aromatic heterocycles. The third kappa shape index (κ3) is 4.26. The first-order chi connectivity index (χ1) is 11.8. The van der Waals surface area contributed by atoms with Crippen molar-refractivity contribution < 1.29 is 9.72 Å². The predicted octanol–water partition coefficient (Wildman–Crippen LogP) is 3.67. The summed E-state index contributed by atoms with van der Waals surface area (Å²) in [5.74, 6) is -0.702.